The molecule has 0 aliphatic carbocycles. The van der Waals surface area contributed by atoms with Crippen molar-refractivity contribution in [1.82, 2.24) is 10.2 Å². The molecule has 2 amide bonds. The average Bonchev–Trinajstić information content (AvgIpc) is 2.53. The molecular weight excluding hydrogens is 332 g/mol. The molecule has 24 heavy (non-hydrogen) atoms. The van der Waals surface area contributed by atoms with Crippen LogP contribution in [0.25, 0.3) is 0 Å². The summed E-state index contributed by atoms with van der Waals surface area (Å²) in [6.45, 7) is 5.91. The number of esters is 1. The molecule has 0 aromatic heterocycles. The van der Waals surface area contributed by atoms with Crippen molar-refractivity contribution < 1.29 is 19.1 Å². The molecule has 0 bridgehead atoms. The van der Waals surface area contributed by atoms with E-state index in [1.54, 1.807) is 29.2 Å². The Balaban J connectivity index is 2.66. The zero-order valence-corrected chi connectivity index (χ0v) is 14.9. The summed E-state index contributed by atoms with van der Waals surface area (Å²) in [5.41, 5.74) is 0.738. The molecule has 1 aromatic rings. The lowest BCUT2D eigenvalue weighted by atomic mass is 10.0. The summed E-state index contributed by atoms with van der Waals surface area (Å²) in [6.07, 6.45) is -0.0628. The number of nitrogens with zero attached hydrogens (tertiary/aromatic N) is 1. The van der Waals surface area contributed by atoms with Crippen LogP contribution in [0, 0.1) is 0 Å². The lowest BCUT2D eigenvalue weighted by Gasteiger charge is -2.20. The van der Waals surface area contributed by atoms with Gasteiger partial charge >= 0.3 is 5.97 Å². The van der Waals surface area contributed by atoms with Crippen molar-refractivity contribution in [3.8, 4) is 0 Å². The monoisotopic (exact) mass is 354 g/mol. The van der Waals surface area contributed by atoms with E-state index in [9.17, 15) is 14.4 Å². The number of carbonyl (C=O) groups is 3. The van der Waals surface area contributed by atoms with E-state index in [-0.39, 0.29) is 24.8 Å². The number of hydrogen-bond acceptors (Lipinski definition) is 4. The van der Waals surface area contributed by atoms with Gasteiger partial charge in [-0.05, 0) is 31.5 Å². The van der Waals surface area contributed by atoms with Gasteiger partial charge in [-0.25, -0.2) is 0 Å². The Morgan fingerprint density at radius 2 is 1.75 bits per heavy atom. The fraction of sp³-hybridized carbons (Fsp3) is 0.471. The van der Waals surface area contributed by atoms with Crippen LogP contribution >= 0.6 is 11.6 Å². The van der Waals surface area contributed by atoms with Crippen LogP contribution in [-0.2, 0) is 19.1 Å². The zero-order chi connectivity index (χ0) is 18.1. The third kappa shape index (κ3) is 6.58. The largest absolute Gasteiger partial charge is 0.455 e. The maximum atomic E-state index is 12.0. The third-order valence-corrected chi connectivity index (χ3v) is 3.75. The number of carbonyl (C=O) groups excluding carboxylic acids is 3. The van der Waals surface area contributed by atoms with Gasteiger partial charge in [0.1, 0.15) is 0 Å². The fourth-order valence-corrected chi connectivity index (χ4v) is 2.35. The van der Waals surface area contributed by atoms with Gasteiger partial charge in [0.25, 0.3) is 5.91 Å². The van der Waals surface area contributed by atoms with Crippen LogP contribution in [0.3, 0.4) is 0 Å². The first-order valence-corrected chi connectivity index (χ1v) is 8.21. The number of benzene rings is 1. The standard InChI is InChI=1S/C17H23ClN2O4/c1-4-20(5-2)16(22)11-24-17(23)10-15(19-12(3)21)13-6-8-14(18)9-7-13/h6-9,15H,4-5,10-11H2,1-3H3,(H,19,21). The summed E-state index contributed by atoms with van der Waals surface area (Å²) in [5, 5.41) is 3.26. The number of hydrogen-bond donors (Lipinski definition) is 1. The lowest BCUT2D eigenvalue weighted by molar-refractivity contribution is -0.152. The van der Waals surface area contributed by atoms with Gasteiger partial charge in [0.2, 0.25) is 5.91 Å². The smallest absolute Gasteiger partial charge is 0.308 e. The van der Waals surface area contributed by atoms with E-state index in [1.807, 2.05) is 13.8 Å². The molecule has 1 N–H and O–H groups in total. The number of amides is 2. The second kappa shape index (κ2) is 9.93. The van der Waals surface area contributed by atoms with Crippen LogP contribution in [0.15, 0.2) is 24.3 Å². The topological polar surface area (TPSA) is 75.7 Å². The molecule has 0 aliphatic rings. The molecule has 0 radical (unpaired) electrons. The molecule has 0 spiro atoms. The lowest BCUT2D eigenvalue weighted by Crippen LogP contribution is -2.35. The summed E-state index contributed by atoms with van der Waals surface area (Å²) in [7, 11) is 0. The average molecular weight is 355 g/mol. The van der Waals surface area contributed by atoms with Crippen LogP contribution in [0.2, 0.25) is 5.02 Å². The Labute approximate surface area is 147 Å². The normalized spacial score (nSPS) is 11.5. The molecule has 0 heterocycles. The Morgan fingerprint density at radius 3 is 2.25 bits per heavy atom. The second-order valence-corrected chi connectivity index (χ2v) is 5.67. The number of nitrogens with one attached hydrogen (secondary N) is 1. The summed E-state index contributed by atoms with van der Waals surface area (Å²) in [5.74, 6) is -1.05. The fourth-order valence-electron chi connectivity index (χ4n) is 2.23. The zero-order valence-electron chi connectivity index (χ0n) is 14.2. The molecule has 0 saturated carbocycles. The van der Waals surface area contributed by atoms with E-state index in [0.29, 0.717) is 18.1 Å². The summed E-state index contributed by atoms with van der Waals surface area (Å²) >= 11 is 5.85. The van der Waals surface area contributed by atoms with E-state index in [0.717, 1.165) is 5.56 Å². The van der Waals surface area contributed by atoms with Crippen molar-refractivity contribution in [2.45, 2.75) is 33.2 Å². The Hall–Kier alpha value is -2.08. The molecule has 1 atom stereocenters. The maximum absolute atomic E-state index is 12.0. The number of halogens is 1. The van der Waals surface area contributed by atoms with Crippen LogP contribution in [0.1, 0.15) is 38.8 Å². The van der Waals surface area contributed by atoms with E-state index in [2.05, 4.69) is 5.32 Å². The highest BCUT2D eigenvalue weighted by atomic mass is 35.5. The highest BCUT2D eigenvalue weighted by Crippen LogP contribution is 2.20. The molecule has 7 heteroatoms. The van der Waals surface area contributed by atoms with Gasteiger partial charge in [0.15, 0.2) is 6.61 Å². The van der Waals surface area contributed by atoms with Crippen molar-refractivity contribution in [2.24, 2.45) is 0 Å². The highest BCUT2D eigenvalue weighted by molar-refractivity contribution is 6.30. The van der Waals surface area contributed by atoms with Gasteiger partial charge in [0.05, 0.1) is 12.5 Å². The number of ether oxygens (including phenoxy) is 1. The first kappa shape index (κ1) is 20.0. The van der Waals surface area contributed by atoms with E-state index < -0.39 is 12.0 Å². The number of likely N-dealkylation sites (N-methyl/N-ethyl adjacent to an activating group) is 1. The Bertz CT molecular complexity index is 570. The van der Waals surface area contributed by atoms with Crippen LogP contribution < -0.4 is 5.32 Å². The van der Waals surface area contributed by atoms with Gasteiger partial charge in [-0.2, -0.15) is 0 Å². The molecule has 1 rings (SSSR count). The highest BCUT2D eigenvalue weighted by Gasteiger charge is 2.19. The van der Waals surface area contributed by atoms with Crippen molar-refractivity contribution >= 4 is 29.4 Å². The molecule has 6 nitrogen and oxygen atoms in total. The predicted molar refractivity (Wildman–Crippen MR) is 91.5 cm³/mol. The maximum Gasteiger partial charge on any atom is 0.308 e. The Morgan fingerprint density at radius 1 is 1.17 bits per heavy atom. The minimum atomic E-state index is -0.552. The van der Waals surface area contributed by atoms with Gasteiger partial charge in [-0.1, -0.05) is 23.7 Å². The third-order valence-electron chi connectivity index (χ3n) is 3.49. The predicted octanol–water partition coefficient (Wildman–Crippen LogP) is 2.32. The van der Waals surface area contributed by atoms with Gasteiger partial charge in [0, 0.05) is 25.0 Å². The van der Waals surface area contributed by atoms with Crippen LogP contribution in [0.4, 0.5) is 0 Å². The van der Waals surface area contributed by atoms with E-state index >= 15 is 0 Å². The van der Waals surface area contributed by atoms with E-state index in [1.165, 1.54) is 6.92 Å². The van der Waals surface area contributed by atoms with Crippen LogP contribution in [-0.4, -0.2) is 42.4 Å². The van der Waals surface area contributed by atoms with Gasteiger partial charge in [-0.15, -0.1) is 0 Å². The minimum absolute atomic E-state index is 0.0628. The van der Waals surface area contributed by atoms with Gasteiger partial charge < -0.3 is 15.0 Å². The Kier molecular flexibility index (Phi) is 8.26. The molecule has 0 aliphatic heterocycles. The number of rotatable bonds is 8. The van der Waals surface area contributed by atoms with Crippen LogP contribution in [0.5, 0.6) is 0 Å². The minimum Gasteiger partial charge on any atom is -0.455 e. The first-order chi connectivity index (χ1) is 11.4. The molecule has 1 unspecified atom stereocenters. The quantitative estimate of drug-likeness (QED) is 0.727. The molecular formula is C17H23ClN2O4. The summed E-state index contributed by atoms with van der Waals surface area (Å²) < 4.78 is 5.04. The van der Waals surface area contributed by atoms with E-state index in [4.69, 9.17) is 16.3 Å². The van der Waals surface area contributed by atoms with Crippen molar-refractivity contribution in [3.63, 3.8) is 0 Å². The summed E-state index contributed by atoms with van der Waals surface area (Å²) in [6, 6.07) is 6.30. The van der Waals surface area contributed by atoms with Crippen molar-refractivity contribution in [3.05, 3.63) is 34.9 Å². The van der Waals surface area contributed by atoms with Crippen molar-refractivity contribution in [2.75, 3.05) is 19.7 Å². The van der Waals surface area contributed by atoms with Crippen molar-refractivity contribution in [1.29, 1.82) is 0 Å². The molecule has 0 saturated heterocycles. The van der Waals surface area contributed by atoms with Gasteiger partial charge in [-0.3, -0.25) is 14.4 Å². The molecule has 132 valence electrons. The molecule has 0 fully saturated rings. The molecule has 1 aromatic carbocycles. The second-order valence-electron chi connectivity index (χ2n) is 5.24. The SMILES string of the molecule is CCN(CC)C(=O)COC(=O)CC(NC(C)=O)c1ccc(Cl)cc1. The summed E-state index contributed by atoms with van der Waals surface area (Å²) in [4.78, 5) is 36.8. The first-order valence-electron chi connectivity index (χ1n) is 7.83.